The van der Waals surface area contributed by atoms with Gasteiger partial charge in [-0.2, -0.15) is 0 Å². The predicted molar refractivity (Wildman–Crippen MR) is 79.3 cm³/mol. The highest BCUT2D eigenvalue weighted by Crippen LogP contribution is 2.29. The maximum atomic E-state index is 12.4. The Balaban J connectivity index is 2.31. The molecule has 0 amide bonds. The van der Waals surface area contributed by atoms with Gasteiger partial charge >= 0.3 is 0 Å². The molecule has 1 saturated carbocycles. The molecule has 8 heteroatoms. The number of anilines is 1. The second-order valence-corrected chi connectivity index (χ2v) is 7.26. The van der Waals surface area contributed by atoms with Crippen LogP contribution in [0.3, 0.4) is 0 Å². The summed E-state index contributed by atoms with van der Waals surface area (Å²) in [7, 11) is -3.95. The van der Waals surface area contributed by atoms with Crippen LogP contribution in [0.25, 0.3) is 0 Å². The van der Waals surface area contributed by atoms with E-state index in [2.05, 4.69) is 11.6 Å². The highest BCUT2D eigenvalue weighted by atomic mass is 32.2. The number of nitrogen functional groups attached to an aromatic ring is 1. The Hall–Kier alpha value is -1.67. The van der Waals surface area contributed by atoms with Crippen molar-refractivity contribution in [2.75, 3.05) is 5.73 Å². The average Bonchev–Trinajstić information content (AvgIpc) is 2.37. The van der Waals surface area contributed by atoms with E-state index in [9.17, 15) is 18.5 Å². The molecule has 21 heavy (non-hydrogen) atoms. The molecule has 2 atom stereocenters. The monoisotopic (exact) mass is 313 g/mol. The molecule has 7 nitrogen and oxygen atoms in total. The van der Waals surface area contributed by atoms with Crippen LogP contribution < -0.4 is 10.5 Å². The van der Waals surface area contributed by atoms with E-state index < -0.39 is 20.6 Å². The third kappa shape index (κ3) is 3.70. The standard InChI is InChI=1S/C13H19N3O4S/c1-9-3-2-4-11(7-9)15-21(19,20)13-8-10(14)5-6-12(13)16(17)18/h5-6,8-9,11,15H,2-4,7,14H2,1H3. The van der Waals surface area contributed by atoms with Gasteiger partial charge in [0.25, 0.3) is 5.69 Å². The fourth-order valence-corrected chi connectivity index (χ4v) is 4.21. The lowest BCUT2D eigenvalue weighted by Gasteiger charge is -2.27. The van der Waals surface area contributed by atoms with Crippen molar-refractivity contribution >= 4 is 21.4 Å². The van der Waals surface area contributed by atoms with Crippen molar-refractivity contribution in [2.24, 2.45) is 5.92 Å². The number of nitrogens with one attached hydrogen (secondary N) is 1. The first-order chi connectivity index (χ1) is 9.79. The lowest BCUT2D eigenvalue weighted by Crippen LogP contribution is -2.38. The van der Waals surface area contributed by atoms with Crippen LogP contribution in [0, 0.1) is 16.0 Å². The van der Waals surface area contributed by atoms with Crippen molar-refractivity contribution in [2.45, 2.75) is 43.5 Å². The van der Waals surface area contributed by atoms with E-state index in [1.54, 1.807) is 0 Å². The number of sulfonamides is 1. The molecule has 1 aromatic rings. The van der Waals surface area contributed by atoms with Crippen LogP contribution in [-0.2, 0) is 10.0 Å². The average molecular weight is 313 g/mol. The van der Waals surface area contributed by atoms with Gasteiger partial charge in [-0.25, -0.2) is 13.1 Å². The van der Waals surface area contributed by atoms with Gasteiger partial charge in [0.2, 0.25) is 10.0 Å². The van der Waals surface area contributed by atoms with E-state index in [-0.39, 0.29) is 16.6 Å². The molecule has 116 valence electrons. The summed E-state index contributed by atoms with van der Waals surface area (Å²) in [6.07, 6.45) is 3.53. The van der Waals surface area contributed by atoms with Gasteiger partial charge in [0.05, 0.1) is 4.92 Å². The van der Waals surface area contributed by atoms with Crippen LogP contribution in [0.1, 0.15) is 32.6 Å². The first kappa shape index (κ1) is 15.7. The quantitative estimate of drug-likeness (QED) is 0.501. The Labute approximate surface area is 123 Å². The lowest BCUT2D eigenvalue weighted by atomic mass is 9.88. The minimum Gasteiger partial charge on any atom is -0.399 e. The first-order valence-corrected chi connectivity index (χ1v) is 8.34. The van der Waals surface area contributed by atoms with Crippen LogP contribution in [0.15, 0.2) is 23.1 Å². The number of nitrogens with two attached hydrogens (primary N) is 1. The van der Waals surface area contributed by atoms with Gasteiger partial charge in [0.1, 0.15) is 0 Å². The number of nitro groups is 1. The minimum atomic E-state index is -3.95. The van der Waals surface area contributed by atoms with Gasteiger partial charge in [-0.3, -0.25) is 10.1 Å². The van der Waals surface area contributed by atoms with Crippen molar-refractivity contribution in [1.29, 1.82) is 0 Å². The number of nitro benzene ring substituents is 1. The molecule has 1 aromatic carbocycles. The summed E-state index contributed by atoms with van der Waals surface area (Å²) in [4.78, 5) is 9.92. The summed E-state index contributed by atoms with van der Waals surface area (Å²) in [6.45, 7) is 2.07. The summed E-state index contributed by atoms with van der Waals surface area (Å²) in [5, 5.41) is 11.0. The van der Waals surface area contributed by atoms with E-state index in [1.807, 2.05) is 0 Å². The normalized spacial score (nSPS) is 22.9. The third-order valence-corrected chi connectivity index (χ3v) is 5.28. The van der Waals surface area contributed by atoms with Crippen LogP contribution in [0.4, 0.5) is 11.4 Å². The van der Waals surface area contributed by atoms with Gasteiger partial charge in [-0.1, -0.05) is 19.8 Å². The minimum absolute atomic E-state index is 0.179. The van der Waals surface area contributed by atoms with Crippen molar-refractivity contribution < 1.29 is 13.3 Å². The van der Waals surface area contributed by atoms with Crippen LogP contribution in [0.2, 0.25) is 0 Å². The second kappa shape index (κ2) is 5.98. The molecular formula is C13H19N3O4S. The molecule has 0 aromatic heterocycles. The van der Waals surface area contributed by atoms with Gasteiger partial charge < -0.3 is 5.73 Å². The summed E-state index contributed by atoms with van der Waals surface area (Å²) in [5.41, 5.74) is 5.29. The van der Waals surface area contributed by atoms with E-state index in [4.69, 9.17) is 5.73 Å². The number of nitrogens with zero attached hydrogens (tertiary/aromatic N) is 1. The molecule has 1 fully saturated rings. The smallest absolute Gasteiger partial charge is 0.289 e. The Kier molecular flexibility index (Phi) is 4.48. The van der Waals surface area contributed by atoms with E-state index in [0.717, 1.165) is 37.8 Å². The molecule has 0 spiro atoms. The van der Waals surface area contributed by atoms with E-state index in [1.165, 1.54) is 6.07 Å². The number of benzene rings is 1. The molecule has 0 radical (unpaired) electrons. The van der Waals surface area contributed by atoms with Gasteiger partial charge in [-0.05, 0) is 30.9 Å². The number of rotatable bonds is 4. The van der Waals surface area contributed by atoms with E-state index >= 15 is 0 Å². The number of hydrogen-bond acceptors (Lipinski definition) is 5. The zero-order valence-electron chi connectivity index (χ0n) is 11.8. The maximum absolute atomic E-state index is 12.4. The van der Waals surface area contributed by atoms with Crippen LogP contribution in [-0.4, -0.2) is 19.4 Å². The van der Waals surface area contributed by atoms with Crippen LogP contribution >= 0.6 is 0 Å². The Morgan fingerprint density at radius 1 is 1.38 bits per heavy atom. The topological polar surface area (TPSA) is 115 Å². The molecule has 1 aliphatic rings. The second-order valence-electron chi connectivity index (χ2n) is 5.57. The first-order valence-electron chi connectivity index (χ1n) is 6.86. The fourth-order valence-electron chi connectivity index (χ4n) is 2.72. The summed E-state index contributed by atoms with van der Waals surface area (Å²) in [5.74, 6) is 0.447. The zero-order valence-corrected chi connectivity index (χ0v) is 12.6. The van der Waals surface area contributed by atoms with Gasteiger partial charge in [0, 0.05) is 17.8 Å². The molecule has 0 bridgehead atoms. The molecule has 2 unspecified atom stereocenters. The molecule has 0 saturated heterocycles. The Bertz CT molecular complexity index is 645. The maximum Gasteiger partial charge on any atom is 0.289 e. The summed E-state index contributed by atoms with van der Waals surface area (Å²) < 4.78 is 27.4. The van der Waals surface area contributed by atoms with Crippen LogP contribution in [0.5, 0.6) is 0 Å². The fraction of sp³-hybridized carbons (Fsp3) is 0.538. The van der Waals surface area contributed by atoms with Crippen molar-refractivity contribution in [1.82, 2.24) is 4.72 Å². The molecular weight excluding hydrogens is 294 g/mol. The molecule has 2 rings (SSSR count). The Morgan fingerprint density at radius 2 is 2.10 bits per heavy atom. The highest BCUT2D eigenvalue weighted by Gasteiger charge is 2.30. The van der Waals surface area contributed by atoms with Crippen molar-refractivity contribution in [3.8, 4) is 0 Å². The van der Waals surface area contributed by atoms with E-state index in [0.29, 0.717) is 5.92 Å². The summed E-state index contributed by atoms with van der Waals surface area (Å²) >= 11 is 0. The van der Waals surface area contributed by atoms with Crippen molar-refractivity contribution in [3.05, 3.63) is 28.3 Å². The van der Waals surface area contributed by atoms with Crippen molar-refractivity contribution in [3.63, 3.8) is 0 Å². The molecule has 0 heterocycles. The zero-order chi connectivity index (χ0) is 15.6. The molecule has 3 N–H and O–H groups in total. The summed E-state index contributed by atoms with van der Waals surface area (Å²) in [6, 6.07) is 3.39. The lowest BCUT2D eigenvalue weighted by molar-refractivity contribution is -0.387. The molecule has 1 aliphatic carbocycles. The third-order valence-electron chi connectivity index (χ3n) is 3.73. The molecule has 0 aliphatic heterocycles. The highest BCUT2D eigenvalue weighted by molar-refractivity contribution is 7.89. The SMILES string of the molecule is CC1CCCC(NS(=O)(=O)c2cc(N)ccc2[N+](=O)[O-])C1. The predicted octanol–water partition coefficient (Wildman–Crippen LogP) is 2.03. The largest absolute Gasteiger partial charge is 0.399 e. The van der Waals surface area contributed by atoms with Gasteiger partial charge in [-0.15, -0.1) is 0 Å². The van der Waals surface area contributed by atoms with Gasteiger partial charge in [0.15, 0.2) is 4.90 Å². The Morgan fingerprint density at radius 3 is 2.71 bits per heavy atom. The number of hydrogen-bond donors (Lipinski definition) is 2.